The molecule has 0 amide bonds. The second-order valence-electron chi connectivity index (χ2n) is 2.64. The van der Waals surface area contributed by atoms with Crippen LogP contribution in [-0.4, -0.2) is 26.3 Å². The molecule has 1 unspecified atom stereocenters. The Hall–Kier alpha value is -0.970. The van der Waals surface area contributed by atoms with Crippen molar-refractivity contribution >= 4 is 17.7 Å². The van der Waals surface area contributed by atoms with Gasteiger partial charge in [0, 0.05) is 17.6 Å². The number of thioether (sulfide) groups is 1. The van der Waals surface area contributed by atoms with Crippen LogP contribution in [-0.2, 0) is 4.79 Å². The molecule has 5 heteroatoms. The molecule has 0 aliphatic rings. The SMILES string of the molecule is CCC(CC(=O)O)Sc1ncc[nH]1. The van der Waals surface area contributed by atoms with Gasteiger partial charge >= 0.3 is 5.97 Å². The molecule has 13 heavy (non-hydrogen) atoms. The van der Waals surface area contributed by atoms with Gasteiger partial charge in [-0.15, -0.1) is 0 Å². The summed E-state index contributed by atoms with van der Waals surface area (Å²) in [4.78, 5) is 17.4. The molecular formula is C8H12N2O2S. The van der Waals surface area contributed by atoms with Crippen molar-refractivity contribution in [2.45, 2.75) is 30.2 Å². The molecule has 0 aliphatic carbocycles. The molecule has 1 aromatic rings. The van der Waals surface area contributed by atoms with Crippen molar-refractivity contribution in [3.63, 3.8) is 0 Å². The Kier molecular flexibility index (Phi) is 3.82. The van der Waals surface area contributed by atoms with Crippen molar-refractivity contribution < 1.29 is 9.90 Å². The first-order valence-electron chi connectivity index (χ1n) is 4.10. The van der Waals surface area contributed by atoms with E-state index in [9.17, 15) is 4.79 Å². The number of H-pyrrole nitrogens is 1. The molecule has 2 N–H and O–H groups in total. The Morgan fingerprint density at radius 1 is 1.85 bits per heavy atom. The number of carbonyl (C=O) groups is 1. The van der Waals surface area contributed by atoms with Crippen molar-refractivity contribution in [3.05, 3.63) is 12.4 Å². The summed E-state index contributed by atoms with van der Waals surface area (Å²) in [6, 6.07) is 0. The molecule has 4 nitrogen and oxygen atoms in total. The number of carboxylic acids is 1. The van der Waals surface area contributed by atoms with Crippen LogP contribution >= 0.6 is 11.8 Å². The predicted octanol–water partition coefficient (Wildman–Crippen LogP) is 1.76. The number of carboxylic acid groups (broad SMARTS) is 1. The smallest absolute Gasteiger partial charge is 0.304 e. The standard InChI is InChI=1S/C8H12N2O2S/c1-2-6(5-7(11)12)13-8-9-3-4-10-8/h3-4,6H,2,5H2,1H3,(H,9,10)(H,11,12). The van der Waals surface area contributed by atoms with Gasteiger partial charge in [-0.3, -0.25) is 4.79 Å². The highest BCUT2D eigenvalue weighted by Gasteiger charge is 2.13. The minimum absolute atomic E-state index is 0.101. The number of aromatic amines is 1. The molecule has 0 spiro atoms. The summed E-state index contributed by atoms with van der Waals surface area (Å²) in [5.41, 5.74) is 0. The number of hydrogen-bond donors (Lipinski definition) is 2. The van der Waals surface area contributed by atoms with Crippen LogP contribution in [0.4, 0.5) is 0 Å². The number of rotatable bonds is 5. The molecule has 0 bridgehead atoms. The van der Waals surface area contributed by atoms with Crippen LogP contribution < -0.4 is 0 Å². The fourth-order valence-electron chi connectivity index (χ4n) is 0.937. The van der Waals surface area contributed by atoms with E-state index in [4.69, 9.17) is 5.11 Å². The average Bonchev–Trinajstić information content (AvgIpc) is 2.55. The molecule has 1 heterocycles. The number of aliphatic carboxylic acids is 1. The summed E-state index contributed by atoms with van der Waals surface area (Å²) >= 11 is 1.48. The van der Waals surface area contributed by atoms with Crippen molar-refractivity contribution in [2.75, 3.05) is 0 Å². The normalized spacial score (nSPS) is 12.7. The van der Waals surface area contributed by atoms with Crippen LogP contribution in [0, 0.1) is 0 Å². The fourth-order valence-corrected chi connectivity index (χ4v) is 1.90. The monoisotopic (exact) mass is 200 g/mol. The lowest BCUT2D eigenvalue weighted by Crippen LogP contribution is -2.08. The molecule has 0 aromatic carbocycles. The second kappa shape index (κ2) is 4.91. The summed E-state index contributed by atoms with van der Waals surface area (Å²) in [6.07, 6.45) is 4.41. The predicted molar refractivity (Wildman–Crippen MR) is 50.8 cm³/mol. The number of nitrogens with one attached hydrogen (secondary N) is 1. The zero-order chi connectivity index (χ0) is 9.68. The van der Waals surface area contributed by atoms with E-state index in [1.807, 2.05) is 6.92 Å². The Bertz CT molecular complexity index is 261. The van der Waals surface area contributed by atoms with E-state index in [2.05, 4.69) is 9.97 Å². The lowest BCUT2D eigenvalue weighted by atomic mass is 10.2. The van der Waals surface area contributed by atoms with Gasteiger partial charge < -0.3 is 10.1 Å². The van der Waals surface area contributed by atoms with Crippen LogP contribution in [0.3, 0.4) is 0 Å². The summed E-state index contributed by atoms with van der Waals surface area (Å²) in [5, 5.41) is 9.49. The zero-order valence-corrected chi connectivity index (χ0v) is 8.17. The fraction of sp³-hybridized carbons (Fsp3) is 0.500. The first kappa shape index (κ1) is 10.1. The van der Waals surface area contributed by atoms with E-state index < -0.39 is 5.97 Å². The lowest BCUT2D eigenvalue weighted by Gasteiger charge is -2.08. The van der Waals surface area contributed by atoms with E-state index in [-0.39, 0.29) is 11.7 Å². The van der Waals surface area contributed by atoms with Gasteiger partial charge in [0.05, 0.1) is 6.42 Å². The Labute approximate surface area is 80.8 Å². The average molecular weight is 200 g/mol. The number of imidazole rings is 1. The summed E-state index contributed by atoms with van der Waals surface area (Å²) in [6.45, 7) is 1.98. The molecule has 0 saturated carbocycles. The molecule has 1 aromatic heterocycles. The minimum atomic E-state index is -0.758. The zero-order valence-electron chi connectivity index (χ0n) is 7.36. The molecule has 0 saturated heterocycles. The third-order valence-electron chi connectivity index (χ3n) is 1.61. The maximum Gasteiger partial charge on any atom is 0.304 e. The van der Waals surface area contributed by atoms with Gasteiger partial charge in [0.2, 0.25) is 0 Å². The number of aromatic nitrogens is 2. The van der Waals surface area contributed by atoms with Gasteiger partial charge in [-0.1, -0.05) is 18.7 Å². The molecule has 0 radical (unpaired) electrons. The Morgan fingerprint density at radius 3 is 3.08 bits per heavy atom. The molecular weight excluding hydrogens is 188 g/mol. The first-order valence-corrected chi connectivity index (χ1v) is 4.98. The highest BCUT2D eigenvalue weighted by Crippen LogP contribution is 2.23. The molecule has 0 fully saturated rings. The maximum absolute atomic E-state index is 10.5. The number of nitrogens with zero attached hydrogens (tertiary/aromatic N) is 1. The maximum atomic E-state index is 10.5. The minimum Gasteiger partial charge on any atom is -0.481 e. The quantitative estimate of drug-likeness (QED) is 0.711. The van der Waals surface area contributed by atoms with Crippen molar-refractivity contribution in [2.24, 2.45) is 0 Å². The van der Waals surface area contributed by atoms with Crippen LogP contribution in [0.25, 0.3) is 0 Å². The third-order valence-corrected chi connectivity index (χ3v) is 2.89. The van der Waals surface area contributed by atoms with Gasteiger partial charge in [-0.2, -0.15) is 0 Å². The Balaban J connectivity index is 2.45. The second-order valence-corrected chi connectivity index (χ2v) is 3.93. The van der Waals surface area contributed by atoms with E-state index >= 15 is 0 Å². The first-order chi connectivity index (χ1) is 6.22. The van der Waals surface area contributed by atoms with Gasteiger partial charge in [-0.05, 0) is 6.42 Å². The number of hydrogen-bond acceptors (Lipinski definition) is 3. The van der Waals surface area contributed by atoms with E-state index in [1.54, 1.807) is 12.4 Å². The molecule has 0 aliphatic heterocycles. The highest BCUT2D eigenvalue weighted by molar-refractivity contribution is 7.99. The summed E-state index contributed by atoms with van der Waals surface area (Å²) in [5.74, 6) is -0.758. The van der Waals surface area contributed by atoms with E-state index in [1.165, 1.54) is 11.8 Å². The van der Waals surface area contributed by atoms with Gasteiger partial charge in [0.25, 0.3) is 0 Å². The van der Waals surface area contributed by atoms with Crippen molar-refractivity contribution in [1.82, 2.24) is 9.97 Å². The van der Waals surface area contributed by atoms with Crippen LogP contribution in [0.2, 0.25) is 0 Å². The topological polar surface area (TPSA) is 66.0 Å². The van der Waals surface area contributed by atoms with Crippen LogP contribution in [0.15, 0.2) is 17.6 Å². The van der Waals surface area contributed by atoms with Crippen LogP contribution in [0.5, 0.6) is 0 Å². The van der Waals surface area contributed by atoms with Crippen LogP contribution in [0.1, 0.15) is 19.8 Å². The summed E-state index contributed by atoms with van der Waals surface area (Å²) in [7, 11) is 0. The molecule has 1 rings (SSSR count). The summed E-state index contributed by atoms with van der Waals surface area (Å²) < 4.78 is 0. The largest absolute Gasteiger partial charge is 0.481 e. The van der Waals surface area contributed by atoms with Gasteiger partial charge in [0.1, 0.15) is 0 Å². The third kappa shape index (κ3) is 3.50. The van der Waals surface area contributed by atoms with E-state index in [0.29, 0.717) is 0 Å². The highest BCUT2D eigenvalue weighted by atomic mass is 32.2. The van der Waals surface area contributed by atoms with Crippen molar-refractivity contribution in [1.29, 1.82) is 0 Å². The van der Waals surface area contributed by atoms with E-state index in [0.717, 1.165) is 11.6 Å². The van der Waals surface area contributed by atoms with Crippen molar-refractivity contribution in [3.8, 4) is 0 Å². The van der Waals surface area contributed by atoms with Gasteiger partial charge in [-0.25, -0.2) is 4.98 Å². The Morgan fingerprint density at radius 2 is 2.62 bits per heavy atom. The lowest BCUT2D eigenvalue weighted by molar-refractivity contribution is -0.136. The molecule has 1 atom stereocenters. The molecule has 72 valence electrons. The van der Waals surface area contributed by atoms with Gasteiger partial charge in [0.15, 0.2) is 5.16 Å².